The predicted octanol–water partition coefficient (Wildman–Crippen LogP) is 1.54. The molecule has 118 valence electrons. The fraction of sp³-hybridized carbons (Fsp3) is 0.571. The van der Waals surface area contributed by atoms with Gasteiger partial charge < -0.3 is 10.5 Å². The summed E-state index contributed by atoms with van der Waals surface area (Å²) in [4.78, 5) is 0.313. The number of rotatable bonds is 7. The van der Waals surface area contributed by atoms with Crippen LogP contribution in [-0.4, -0.2) is 50.5 Å². The highest BCUT2D eigenvalue weighted by Gasteiger charge is 2.30. The zero-order valence-corrected chi connectivity index (χ0v) is 13.8. The summed E-state index contributed by atoms with van der Waals surface area (Å²) in [5.74, 6) is 2.57. The van der Waals surface area contributed by atoms with Crippen molar-refractivity contribution >= 4 is 21.8 Å². The van der Waals surface area contributed by atoms with Gasteiger partial charge in [0.2, 0.25) is 10.0 Å². The summed E-state index contributed by atoms with van der Waals surface area (Å²) in [6.45, 7) is 1.12. The molecule has 1 atom stereocenters. The van der Waals surface area contributed by atoms with Crippen molar-refractivity contribution in [2.45, 2.75) is 23.8 Å². The van der Waals surface area contributed by atoms with Crippen molar-refractivity contribution in [3.63, 3.8) is 0 Å². The molecular formula is C14H22N2O3S2. The number of hydrogen-bond acceptors (Lipinski definition) is 5. The normalized spacial score (nSPS) is 19.1. The van der Waals surface area contributed by atoms with E-state index in [4.69, 9.17) is 10.5 Å². The molecule has 2 N–H and O–H groups in total. The molecule has 0 saturated carbocycles. The van der Waals surface area contributed by atoms with E-state index in [9.17, 15) is 8.42 Å². The molecule has 2 rings (SSSR count). The van der Waals surface area contributed by atoms with E-state index < -0.39 is 10.0 Å². The number of ether oxygens (including phenoxy) is 1. The van der Waals surface area contributed by atoms with Crippen LogP contribution in [0.3, 0.4) is 0 Å². The summed E-state index contributed by atoms with van der Waals surface area (Å²) >= 11 is 1.80. The van der Waals surface area contributed by atoms with Gasteiger partial charge >= 0.3 is 0 Å². The Morgan fingerprint density at radius 3 is 2.67 bits per heavy atom. The molecule has 1 saturated heterocycles. The fourth-order valence-corrected chi connectivity index (χ4v) is 4.90. The summed E-state index contributed by atoms with van der Waals surface area (Å²) in [6, 6.07) is 6.69. The van der Waals surface area contributed by atoms with Gasteiger partial charge in [0.1, 0.15) is 5.75 Å². The number of sulfonamides is 1. The van der Waals surface area contributed by atoms with Crippen molar-refractivity contribution in [1.29, 1.82) is 0 Å². The van der Waals surface area contributed by atoms with Gasteiger partial charge in [-0.3, -0.25) is 0 Å². The Morgan fingerprint density at radius 1 is 1.38 bits per heavy atom. The van der Waals surface area contributed by atoms with Crippen molar-refractivity contribution in [3.05, 3.63) is 24.3 Å². The maximum absolute atomic E-state index is 12.6. The van der Waals surface area contributed by atoms with E-state index in [0.29, 0.717) is 23.8 Å². The molecule has 1 aromatic rings. The molecule has 21 heavy (non-hydrogen) atoms. The molecule has 0 aliphatic carbocycles. The first kappa shape index (κ1) is 16.6. The van der Waals surface area contributed by atoms with Crippen molar-refractivity contribution in [2.24, 2.45) is 5.73 Å². The maximum atomic E-state index is 12.6. The van der Waals surface area contributed by atoms with Crippen LogP contribution in [0, 0.1) is 0 Å². The third-order valence-electron chi connectivity index (χ3n) is 3.54. The Morgan fingerprint density at radius 2 is 2.10 bits per heavy atom. The second kappa shape index (κ2) is 7.49. The highest BCUT2D eigenvalue weighted by molar-refractivity contribution is 7.99. The van der Waals surface area contributed by atoms with Crippen molar-refractivity contribution in [3.8, 4) is 5.75 Å². The Hall–Kier alpha value is -0.760. The van der Waals surface area contributed by atoms with E-state index in [1.165, 1.54) is 4.31 Å². The van der Waals surface area contributed by atoms with Gasteiger partial charge in [-0.15, -0.1) is 0 Å². The van der Waals surface area contributed by atoms with E-state index in [1.807, 2.05) is 0 Å². The van der Waals surface area contributed by atoms with Gasteiger partial charge in [-0.1, -0.05) is 0 Å². The third kappa shape index (κ3) is 4.12. The van der Waals surface area contributed by atoms with Crippen LogP contribution in [0.4, 0.5) is 0 Å². The SMILES string of the molecule is CN(C1CCSC1)S(=O)(=O)c1ccc(OCCCN)cc1. The molecular weight excluding hydrogens is 308 g/mol. The topological polar surface area (TPSA) is 72.6 Å². The highest BCUT2D eigenvalue weighted by atomic mass is 32.2. The molecule has 5 nitrogen and oxygen atoms in total. The Labute approximate surface area is 130 Å². The summed E-state index contributed by atoms with van der Waals surface area (Å²) < 4.78 is 32.1. The van der Waals surface area contributed by atoms with E-state index >= 15 is 0 Å². The second-order valence-corrected chi connectivity index (χ2v) is 8.15. The minimum atomic E-state index is -3.42. The van der Waals surface area contributed by atoms with E-state index in [1.54, 1.807) is 43.1 Å². The molecule has 1 heterocycles. The number of nitrogens with two attached hydrogens (primary N) is 1. The summed E-state index contributed by atoms with van der Waals surface area (Å²) in [5.41, 5.74) is 5.40. The number of nitrogens with zero attached hydrogens (tertiary/aromatic N) is 1. The van der Waals surface area contributed by atoms with Gasteiger partial charge in [-0.25, -0.2) is 8.42 Å². The van der Waals surface area contributed by atoms with E-state index in [0.717, 1.165) is 24.3 Å². The summed E-state index contributed by atoms with van der Waals surface area (Å²) in [6.07, 6.45) is 1.70. The summed E-state index contributed by atoms with van der Waals surface area (Å²) in [5, 5.41) is 0. The van der Waals surface area contributed by atoms with Crippen LogP contribution in [0.15, 0.2) is 29.2 Å². The molecule has 1 aromatic carbocycles. The lowest BCUT2D eigenvalue weighted by atomic mass is 10.3. The third-order valence-corrected chi connectivity index (χ3v) is 6.61. The van der Waals surface area contributed by atoms with Gasteiger partial charge in [0.15, 0.2) is 0 Å². The number of thioether (sulfide) groups is 1. The Kier molecular flexibility index (Phi) is 5.92. The molecule has 0 spiro atoms. The molecule has 1 fully saturated rings. The van der Waals surface area contributed by atoms with Crippen LogP contribution in [0.2, 0.25) is 0 Å². The van der Waals surface area contributed by atoms with Gasteiger partial charge in [-0.2, -0.15) is 16.1 Å². The van der Waals surface area contributed by atoms with E-state index in [2.05, 4.69) is 0 Å². The lowest BCUT2D eigenvalue weighted by Gasteiger charge is -2.23. The standard InChI is InChI=1S/C14H22N2O3S2/c1-16(12-7-10-20-11-12)21(17,18)14-5-3-13(4-6-14)19-9-2-8-15/h3-6,12H,2,7-11,15H2,1H3. The van der Waals surface area contributed by atoms with Crippen LogP contribution in [-0.2, 0) is 10.0 Å². The van der Waals surface area contributed by atoms with Gasteiger partial charge in [0.05, 0.1) is 11.5 Å². The predicted molar refractivity (Wildman–Crippen MR) is 86.3 cm³/mol. The van der Waals surface area contributed by atoms with Gasteiger partial charge in [0, 0.05) is 18.8 Å². The average molecular weight is 330 g/mol. The smallest absolute Gasteiger partial charge is 0.243 e. The first-order chi connectivity index (χ1) is 10.1. The second-order valence-electron chi connectivity index (χ2n) is 5.00. The van der Waals surface area contributed by atoms with E-state index in [-0.39, 0.29) is 6.04 Å². The van der Waals surface area contributed by atoms with Crippen LogP contribution < -0.4 is 10.5 Å². The molecule has 1 aliphatic heterocycles. The molecule has 0 aromatic heterocycles. The highest BCUT2D eigenvalue weighted by Crippen LogP contribution is 2.27. The zero-order chi connectivity index (χ0) is 15.3. The molecule has 7 heteroatoms. The molecule has 1 unspecified atom stereocenters. The zero-order valence-electron chi connectivity index (χ0n) is 12.2. The lowest BCUT2D eigenvalue weighted by Crippen LogP contribution is -2.36. The summed E-state index contributed by atoms with van der Waals surface area (Å²) in [7, 11) is -1.76. The number of benzene rings is 1. The lowest BCUT2D eigenvalue weighted by molar-refractivity contribution is 0.313. The molecule has 0 amide bonds. The quantitative estimate of drug-likeness (QED) is 0.768. The van der Waals surface area contributed by atoms with Crippen molar-refractivity contribution in [2.75, 3.05) is 31.7 Å². The molecule has 0 bridgehead atoms. The Balaban J connectivity index is 2.05. The maximum Gasteiger partial charge on any atom is 0.243 e. The van der Waals surface area contributed by atoms with Crippen molar-refractivity contribution in [1.82, 2.24) is 4.31 Å². The van der Waals surface area contributed by atoms with Gasteiger partial charge in [0.25, 0.3) is 0 Å². The Bertz CT molecular complexity index is 540. The van der Waals surface area contributed by atoms with Gasteiger partial charge in [-0.05, 0) is 49.4 Å². The van der Waals surface area contributed by atoms with Crippen LogP contribution in [0.1, 0.15) is 12.8 Å². The monoisotopic (exact) mass is 330 g/mol. The minimum absolute atomic E-state index is 0.0977. The first-order valence-electron chi connectivity index (χ1n) is 7.04. The molecule has 1 aliphatic rings. The number of hydrogen-bond donors (Lipinski definition) is 1. The minimum Gasteiger partial charge on any atom is -0.494 e. The van der Waals surface area contributed by atoms with Crippen LogP contribution >= 0.6 is 11.8 Å². The van der Waals surface area contributed by atoms with Crippen LogP contribution in [0.25, 0.3) is 0 Å². The first-order valence-corrected chi connectivity index (χ1v) is 9.64. The molecule has 0 radical (unpaired) electrons. The largest absolute Gasteiger partial charge is 0.494 e. The van der Waals surface area contributed by atoms with Crippen LogP contribution in [0.5, 0.6) is 5.75 Å². The average Bonchev–Trinajstić information content (AvgIpc) is 3.01. The van der Waals surface area contributed by atoms with Crippen molar-refractivity contribution < 1.29 is 13.2 Å². The fourth-order valence-electron chi connectivity index (χ4n) is 2.15.